The second kappa shape index (κ2) is 7.01. The van der Waals surface area contributed by atoms with Gasteiger partial charge in [-0.05, 0) is 19.5 Å². The van der Waals surface area contributed by atoms with E-state index in [2.05, 4.69) is 16.9 Å². The summed E-state index contributed by atoms with van der Waals surface area (Å²) in [5, 5.41) is 3.13. The number of hydrogen-bond donors (Lipinski definition) is 1. The molecule has 0 aliphatic carbocycles. The van der Waals surface area contributed by atoms with Crippen molar-refractivity contribution >= 4 is 0 Å². The maximum absolute atomic E-state index is 13.1. The molecule has 0 amide bonds. The molecule has 0 bridgehead atoms. The van der Waals surface area contributed by atoms with Crippen LogP contribution in [0.4, 0.5) is 4.39 Å². The lowest BCUT2D eigenvalue weighted by molar-refractivity contribution is 0.304. The largest absolute Gasteiger partial charge is 0.477 e. The third-order valence-corrected chi connectivity index (χ3v) is 2.23. The summed E-state index contributed by atoms with van der Waals surface area (Å²) in [6, 6.07) is 1.45. The fourth-order valence-corrected chi connectivity index (χ4v) is 1.31. The van der Waals surface area contributed by atoms with Crippen LogP contribution in [0.2, 0.25) is 0 Å². The maximum Gasteiger partial charge on any atom is 0.218 e. The number of aromatic nitrogens is 1. The molecule has 0 fully saturated rings. The number of nitrogens with zero attached hydrogens (tertiary/aromatic N) is 1. The molecule has 0 aromatic carbocycles. The lowest BCUT2D eigenvalue weighted by atomic mass is 10.2. The van der Waals surface area contributed by atoms with Crippen molar-refractivity contribution in [2.45, 2.75) is 26.8 Å². The molecular weight excluding hydrogens is 219 g/mol. The van der Waals surface area contributed by atoms with Crippen LogP contribution in [0.3, 0.4) is 0 Å². The molecule has 0 aliphatic rings. The van der Waals surface area contributed by atoms with Crippen LogP contribution in [0.15, 0.2) is 24.4 Å². The highest BCUT2D eigenvalue weighted by Gasteiger charge is 2.06. The fraction of sp³-hybridized carbons (Fsp3) is 0.462. The predicted molar refractivity (Wildman–Crippen MR) is 66.5 cm³/mol. The molecule has 0 saturated carbocycles. The van der Waals surface area contributed by atoms with Gasteiger partial charge < -0.3 is 10.1 Å². The van der Waals surface area contributed by atoms with E-state index in [1.165, 1.54) is 12.3 Å². The first-order valence-electron chi connectivity index (χ1n) is 5.75. The lowest BCUT2D eigenvalue weighted by Crippen LogP contribution is -2.14. The van der Waals surface area contributed by atoms with Gasteiger partial charge in [0.25, 0.3) is 0 Å². The van der Waals surface area contributed by atoms with Crippen LogP contribution in [-0.4, -0.2) is 18.1 Å². The number of rotatable bonds is 7. The molecule has 1 heterocycles. The minimum atomic E-state index is -0.342. The van der Waals surface area contributed by atoms with Crippen LogP contribution in [0, 0.1) is 5.82 Å². The van der Waals surface area contributed by atoms with Crippen molar-refractivity contribution in [1.82, 2.24) is 10.3 Å². The molecule has 0 spiro atoms. The molecule has 4 heteroatoms. The van der Waals surface area contributed by atoms with Crippen LogP contribution in [0.25, 0.3) is 0 Å². The van der Waals surface area contributed by atoms with Gasteiger partial charge >= 0.3 is 0 Å². The molecule has 0 atom stereocenters. The van der Waals surface area contributed by atoms with Gasteiger partial charge in [-0.2, -0.15) is 0 Å². The number of hydrogen-bond acceptors (Lipinski definition) is 3. The van der Waals surface area contributed by atoms with Gasteiger partial charge in [-0.15, -0.1) is 6.58 Å². The topological polar surface area (TPSA) is 34.1 Å². The Labute approximate surface area is 102 Å². The van der Waals surface area contributed by atoms with E-state index in [9.17, 15) is 4.39 Å². The Bertz CT molecular complexity index is 380. The Morgan fingerprint density at radius 2 is 2.35 bits per heavy atom. The Morgan fingerprint density at radius 3 is 3.00 bits per heavy atom. The Hall–Kier alpha value is -1.42. The van der Waals surface area contributed by atoms with Crippen molar-refractivity contribution in [1.29, 1.82) is 0 Å². The van der Waals surface area contributed by atoms with Crippen molar-refractivity contribution in [2.75, 3.05) is 13.2 Å². The minimum absolute atomic E-state index is 0.342. The lowest BCUT2D eigenvalue weighted by Gasteiger charge is -2.10. The van der Waals surface area contributed by atoms with Crippen molar-refractivity contribution in [3.63, 3.8) is 0 Å². The van der Waals surface area contributed by atoms with E-state index in [1.807, 2.05) is 13.8 Å². The first kappa shape index (κ1) is 13.6. The summed E-state index contributed by atoms with van der Waals surface area (Å²) in [4.78, 5) is 3.96. The van der Waals surface area contributed by atoms with Crippen molar-refractivity contribution < 1.29 is 9.13 Å². The molecule has 94 valence electrons. The van der Waals surface area contributed by atoms with Crippen LogP contribution in [0.5, 0.6) is 5.88 Å². The Kier molecular flexibility index (Phi) is 5.63. The van der Waals surface area contributed by atoms with Gasteiger partial charge in [-0.25, -0.2) is 9.37 Å². The summed E-state index contributed by atoms with van der Waals surface area (Å²) < 4.78 is 18.6. The van der Waals surface area contributed by atoms with E-state index in [0.717, 1.165) is 24.1 Å². The zero-order valence-corrected chi connectivity index (χ0v) is 10.4. The highest BCUT2D eigenvalue weighted by Crippen LogP contribution is 2.16. The van der Waals surface area contributed by atoms with Crippen molar-refractivity contribution in [3.8, 4) is 5.88 Å². The first-order valence-corrected chi connectivity index (χ1v) is 5.75. The smallest absolute Gasteiger partial charge is 0.218 e. The van der Waals surface area contributed by atoms with Gasteiger partial charge in [-0.3, -0.25) is 0 Å². The molecule has 3 nitrogen and oxygen atoms in total. The summed E-state index contributed by atoms with van der Waals surface area (Å²) in [6.07, 6.45) is 1.95. The summed E-state index contributed by atoms with van der Waals surface area (Å²) >= 11 is 0. The minimum Gasteiger partial charge on any atom is -0.477 e. The van der Waals surface area contributed by atoms with E-state index in [4.69, 9.17) is 4.74 Å². The Morgan fingerprint density at radius 1 is 1.59 bits per heavy atom. The van der Waals surface area contributed by atoms with Crippen molar-refractivity contribution in [3.05, 3.63) is 35.8 Å². The SMILES string of the molecule is C=C(C)CCOc1ncc(F)cc1CNCC. The maximum atomic E-state index is 13.1. The Balaban J connectivity index is 2.64. The van der Waals surface area contributed by atoms with Crippen molar-refractivity contribution in [2.24, 2.45) is 0 Å². The van der Waals surface area contributed by atoms with Crippen LogP contribution in [0.1, 0.15) is 25.8 Å². The third kappa shape index (κ3) is 4.95. The standard InChI is InChI=1S/C13H19FN2O/c1-4-15-8-11-7-12(14)9-16-13(11)17-6-5-10(2)3/h7,9,15H,2,4-6,8H2,1,3H3. The van der Waals surface area contributed by atoms with Crippen LogP contribution >= 0.6 is 0 Å². The molecule has 0 saturated heterocycles. The first-order chi connectivity index (χ1) is 8.13. The quantitative estimate of drug-likeness (QED) is 0.742. The molecular formula is C13H19FN2O. The van der Waals surface area contributed by atoms with E-state index >= 15 is 0 Å². The van der Waals surface area contributed by atoms with Crippen LogP contribution < -0.4 is 10.1 Å². The normalized spacial score (nSPS) is 10.3. The molecule has 0 unspecified atom stereocenters. The van der Waals surface area contributed by atoms with Gasteiger partial charge in [0.15, 0.2) is 0 Å². The average molecular weight is 238 g/mol. The van der Waals surface area contributed by atoms with E-state index < -0.39 is 0 Å². The summed E-state index contributed by atoms with van der Waals surface area (Å²) in [5.41, 5.74) is 1.80. The average Bonchev–Trinajstić information content (AvgIpc) is 2.28. The van der Waals surface area contributed by atoms with Gasteiger partial charge in [0.2, 0.25) is 5.88 Å². The number of halogens is 1. The number of ether oxygens (including phenoxy) is 1. The highest BCUT2D eigenvalue weighted by molar-refractivity contribution is 5.26. The molecule has 1 N–H and O–H groups in total. The second-order valence-corrected chi connectivity index (χ2v) is 3.95. The summed E-state index contributed by atoms with van der Waals surface area (Å²) in [7, 11) is 0. The van der Waals surface area contributed by atoms with Gasteiger partial charge in [0, 0.05) is 18.5 Å². The second-order valence-electron chi connectivity index (χ2n) is 3.95. The zero-order chi connectivity index (χ0) is 12.7. The molecule has 0 radical (unpaired) electrons. The summed E-state index contributed by atoms with van der Waals surface area (Å²) in [5.74, 6) is 0.152. The highest BCUT2D eigenvalue weighted by atomic mass is 19.1. The number of nitrogens with one attached hydrogen (secondary N) is 1. The van der Waals surface area contributed by atoms with Gasteiger partial charge in [-0.1, -0.05) is 12.5 Å². The van der Waals surface area contributed by atoms with Gasteiger partial charge in [0.05, 0.1) is 12.8 Å². The summed E-state index contributed by atoms with van der Waals surface area (Å²) in [6.45, 7) is 9.64. The molecule has 1 aromatic heterocycles. The monoisotopic (exact) mass is 238 g/mol. The number of pyridine rings is 1. The predicted octanol–water partition coefficient (Wildman–Crippen LogP) is 2.68. The van der Waals surface area contributed by atoms with Gasteiger partial charge in [0.1, 0.15) is 5.82 Å². The zero-order valence-electron chi connectivity index (χ0n) is 10.4. The third-order valence-electron chi connectivity index (χ3n) is 2.23. The fourth-order valence-electron chi connectivity index (χ4n) is 1.31. The van der Waals surface area contributed by atoms with E-state index in [-0.39, 0.29) is 5.82 Å². The van der Waals surface area contributed by atoms with E-state index in [1.54, 1.807) is 0 Å². The van der Waals surface area contributed by atoms with Crippen LogP contribution in [-0.2, 0) is 6.54 Å². The molecule has 1 rings (SSSR count). The molecule has 1 aromatic rings. The molecule has 17 heavy (non-hydrogen) atoms. The van der Waals surface area contributed by atoms with E-state index in [0.29, 0.717) is 19.0 Å². The molecule has 0 aliphatic heterocycles.